The molecule has 0 radical (unpaired) electrons. The first kappa shape index (κ1) is 19.9. The van der Waals surface area contributed by atoms with E-state index in [9.17, 15) is 4.79 Å². The fraction of sp³-hybridized carbons (Fsp3) is 0.350. The second-order valence-corrected chi connectivity index (χ2v) is 6.79. The van der Waals surface area contributed by atoms with Crippen molar-refractivity contribution in [1.29, 1.82) is 0 Å². The summed E-state index contributed by atoms with van der Waals surface area (Å²) in [4.78, 5) is 15.4. The number of carbonyl (C=O) groups is 1. The zero-order valence-corrected chi connectivity index (χ0v) is 16.4. The fourth-order valence-electron chi connectivity index (χ4n) is 3.17. The lowest BCUT2D eigenvalue weighted by Gasteiger charge is -2.17. The molecule has 28 heavy (non-hydrogen) atoms. The summed E-state index contributed by atoms with van der Waals surface area (Å²) >= 11 is 6.08. The van der Waals surface area contributed by atoms with Gasteiger partial charge in [-0.05, 0) is 37.8 Å². The molecule has 0 saturated carbocycles. The van der Waals surface area contributed by atoms with E-state index in [2.05, 4.69) is 15.4 Å². The number of rotatable bonds is 9. The number of nitrogens with one attached hydrogen (secondary N) is 1. The third kappa shape index (κ3) is 4.92. The minimum atomic E-state index is -1.02. The van der Waals surface area contributed by atoms with Crippen LogP contribution in [0.25, 0.3) is 10.9 Å². The molecule has 0 spiro atoms. The second-order valence-electron chi connectivity index (χ2n) is 6.41. The molecule has 7 nitrogen and oxygen atoms in total. The van der Waals surface area contributed by atoms with Crippen LogP contribution >= 0.6 is 11.6 Å². The van der Waals surface area contributed by atoms with Gasteiger partial charge >= 0.3 is 6.09 Å². The van der Waals surface area contributed by atoms with Gasteiger partial charge in [0.15, 0.2) is 0 Å². The highest BCUT2D eigenvalue weighted by Gasteiger charge is 2.14. The van der Waals surface area contributed by atoms with Gasteiger partial charge in [-0.15, -0.1) is 0 Å². The summed E-state index contributed by atoms with van der Waals surface area (Å²) in [5.41, 5.74) is 1.79. The molecule has 0 aliphatic rings. The van der Waals surface area contributed by atoms with Gasteiger partial charge in [-0.1, -0.05) is 41.9 Å². The van der Waals surface area contributed by atoms with Crippen LogP contribution in [-0.2, 0) is 6.54 Å². The van der Waals surface area contributed by atoms with Crippen molar-refractivity contribution in [3.63, 3.8) is 0 Å². The Kier molecular flexibility index (Phi) is 6.71. The van der Waals surface area contributed by atoms with Gasteiger partial charge in [0.05, 0.1) is 18.8 Å². The number of aromatic nitrogens is 3. The predicted octanol–water partition coefficient (Wildman–Crippen LogP) is 4.66. The summed E-state index contributed by atoms with van der Waals surface area (Å²) in [6.07, 6.45) is 2.98. The molecule has 1 unspecified atom stereocenters. The van der Waals surface area contributed by atoms with E-state index in [0.29, 0.717) is 30.6 Å². The Balaban J connectivity index is 1.57. The maximum Gasteiger partial charge on any atom is 0.405 e. The Morgan fingerprint density at radius 1 is 1.32 bits per heavy atom. The largest absolute Gasteiger partial charge is 0.476 e. The monoisotopic (exact) mass is 402 g/mol. The number of pyridine rings is 1. The molecule has 0 saturated heterocycles. The van der Waals surface area contributed by atoms with Gasteiger partial charge in [0.1, 0.15) is 10.7 Å². The number of aryl methyl sites for hydroxylation is 1. The summed E-state index contributed by atoms with van der Waals surface area (Å²) in [6.45, 7) is 3.18. The van der Waals surface area contributed by atoms with Crippen LogP contribution in [0.15, 0.2) is 42.6 Å². The van der Waals surface area contributed by atoms with Crippen molar-refractivity contribution in [1.82, 2.24) is 20.1 Å². The van der Waals surface area contributed by atoms with Crippen molar-refractivity contribution in [2.45, 2.75) is 38.8 Å². The molecule has 0 aliphatic carbocycles. The predicted molar refractivity (Wildman–Crippen MR) is 108 cm³/mol. The normalized spacial score (nSPS) is 12.1. The van der Waals surface area contributed by atoms with Crippen LogP contribution in [0.3, 0.4) is 0 Å². The fourth-order valence-corrected chi connectivity index (χ4v) is 3.36. The van der Waals surface area contributed by atoms with Crippen LogP contribution < -0.4 is 10.1 Å². The third-order valence-electron chi connectivity index (χ3n) is 4.48. The highest BCUT2D eigenvalue weighted by molar-refractivity contribution is 6.30. The molecule has 1 amide bonds. The Bertz CT molecular complexity index is 930. The van der Waals surface area contributed by atoms with E-state index in [4.69, 9.17) is 21.4 Å². The highest BCUT2D eigenvalue weighted by Crippen LogP contribution is 2.27. The molecular formula is C20H23ClN4O3. The molecule has 2 heterocycles. The maximum atomic E-state index is 11.1. The van der Waals surface area contributed by atoms with Gasteiger partial charge in [-0.3, -0.25) is 4.68 Å². The highest BCUT2D eigenvalue weighted by atomic mass is 35.5. The van der Waals surface area contributed by atoms with Gasteiger partial charge in [-0.2, -0.15) is 10.1 Å². The first-order valence-electron chi connectivity index (χ1n) is 9.27. The molecule has 3 aromatic rings. The Hall–Kier alpha value is -2.80. The summed E-state index contributed by atoms with van der Waals surface area (Å²) < 4.78 is 7.71. The molecule has 0 bridgehead atoms. The summed E-state index contributed by atoms with van der Waals surface area (Å²) in [5.74, 6) is 0.477. The van der Waals surface area contributed by atoms with Crippen LogP contribution in [0.4, 0.5) is 4.79 Å². The second kappa shape index (κ2) is 9.41. The zero-order valence-electron chi connectivity index (χ0n) is 15.6. The number of amides is 1. The number of benzene rings is 1. The van der Waals surface area contributed by atoms with Crippen molar-refractivity contribution >= 4 is 28.6 Å². The molecule has 1 atom stereocenters. The molecule has 0 aliphatic heterocycles. The van der Waals surface area contributed by atoms with Crippen molar-refractivity contribution < 1.29 is 14.6 Å². The van der Waals surface area contributed by atoms with Gasteiger partial charge in [0.2, 0.25) is 5.88 Å². The maximum absolute atomic E-state index is 11.1. The van der Waals surface area contributed by atoms with Crippen LogP contribution in [0.1, 0.15) is 37.8 Å². The molecule has 3 rings (SSSR count). The first-order valence-corrected chi connectivity index (χ1v) is 9.65. The number of carboxylic acid groups (broad SMARTS) is 1. The Morgan fingerprint density at radius 2 is 2.11 bits per heavy atom. The van der Waals surface area contributed by atoms with Crippen molar-refractivity contribution in [2.24, 2.45) is 0 Å². The summed E-state index contributed by atoms with van der Waals surface area (Å²) in [5, 5.41) is 17.3. The van der Waals surface area contributed by atoms with Crippen LogP contribution in [0.2, 0.25) is 5.15 Å². The number of ether oxygens (including phenoxy) is 1. The molecule has 0 fully saturated rings. The lowest BCUT2D eigenvalue weighted by Crippen LogP contribution is -2.26. The van der Waals surface area contributed by atoms with Gasteiger partial charge < -0.3 is 15.2 Å². The number of halogens is 1. The standard InChI is InChI=1S/C20H23ClN4O3/c1-2-25-18-15(13-22-25)12-17(21)24-19(18)28-11-7-6-10-16(23-20(26)27)14-8-4-3-5-9-14/h3-5,8-9,12-13,16,23H,2,6-7,10-11H2,1H3,(H,26,27). The Labute approximate surface area is 168 Å². The van der Waals surface area contributed by atoms with E-state index in [-0.39, 0.29) is 6.04 Å². The third-order valence-corrected chi connectivity index (χ3v) is 4.67. The molecule has 1 aromatic carbocycles. The van der Waals surface area contributed by atoms with E-state index < -0.39 is 6.09 Å². The number of fused-ring (bicyclic) bond motifs is 1. The van der Waals surface area contributed by atoms with Crippen LogP contribution in [0.5, 0.6) is 5.88 Å². The smallest absolute Gasteiger partial charge is 0.405 e. The van der Waals surface area contributed by atoms with Gasteiger partial charge in [0.25, 0.3) is 0 Å². The first-order chi connectivity index (χ1) is 13.6. The SMILES string of the molecule is CCn1ncc2cc(Cl)nc(OCCCCC(NC(=O)O)c3ccccc3)c21. The van der Waals surface area contributed by atoms with E-state index in [0.717, 1.165) is 29.3 Å². The lowest BCUT2D eigenvalue weighted by molar-refractivity contribution is 0.188. The van der Waals surface area contributed by atoms with Gasteiger partial charge in [0, 0.05) is 11.9 Å². The van der Waals surface area contributed by atoms with Gasteiger partial charge in [-0.25, -0.2) is 4.79 Å². The van der Waals surface area contributed by atoms with Crippen LogP contribution in [0, 0.1) is 0 Å². The molecule has 2 N–H and O–H groups in total. The topological polar surface area (TPSA) is 89.3 Å². The van der Waals surface area contributed by atoms with Crippen LogP contribution in [-0.4, -0.2) is 32.6 Å². The van der Waals surface area contributed by atoms with Crippen molar-refractivity contribution in [3.8, 4) is 5.88 Å². The van der Waals surface area contributed by atoms with Crippen molar-refractivity contribution in [3.05, 3.63) is 53.3 Å². The number of hydrogen-bond acceptors (Lipinski definition) is 4. The number of hydrogen-bond donors (Lipinski definition) is 2. The molecule has 148 valence electrons. The van der Waals surface area contributed by atoms with E-state index in [1.54, 1.807) is 12.3 Å². The number of nitrogens with zero attached hydrogens (tertiary/aromatic N) is 3. The summed E-state index contributed by atoms with van der Waals surface area (Å²) in [7, 11) is 0. The van der Waals surface area contributed by atoms with Crippen molar-refractivity contribution in [2.75, 3.05) is 6.61 Å². The average molecular weight is 403 g/mol. The summed E-state index contributed by atoms with van der Waals surface area (Å²) in [6, 6.07) is 11.1. The quantitative estimate of drug-likeness (QED) is 0.401. The van der Waals surface area contributed by atoms with E-state index >= 15 is 0 Å². The Morgan fingerprint density at radius 3 is 2.82 bits per heavy atom. The zero-order chi connectivity index (χ0) is 19.9. The van der Waals surface area contributed by atoms with E-state index in [1.165, 1.54) is 0 Å². The molecule has 2 aromatic heterocycles. The minimum Gasteiger partial charge on any atom is -0.476 e. The number of unbranched alkanes of at least 4 members (excludes halogenated alkanes) is 1. The lowest BCUT2D eigenvalue weighted by atomic mass is 10.0. The van der Waals surface area contributed by atoms with E-state index in [1.807, 2.05) is 41.9 Å². The minimum absolute atomic E-state index is 0.240. The molecular weight excluding hydrogens is 380 g/mol. The average Bonchev–Trinajstić information content (AvgIpc) is 3.10. The molecule has 8 heteroatoms.